The fourth-order valence-corrected chi connectivity index (χ4v) is 1.05. The number of nitrogens with zero attached hydrogens (tertiary/aromatic N) is 1. The average molecular weight is 200 g/mol. The van der Waals surface area contributed by atoms with Gasteiger partial charge < -0.3 is 15.0 Å². The molecule has 5 nitrogen and oxygen atoms in total. The molecule has 0 aromatic carbocycles. The zero-order valence-electron chi connectivity index (χ0n) is 7.49. The first-order valence-corrected chi connectivity index (χ1v) is 3.77. The molecule has 0 spiro atoms. The van der Waals surface area contributed by atoms with Crippen molar-refractivity contribution >= 4 is 11.9 Å². The van der Waals surface area contributed by atoms with Gasteiger partial charge in [0.2, 0.25) is 5.91 Å². The van der Waals surface area contributed by atoms with Crippen molar-refractivity contribution in [1.29, 1.82) is 0 Å². The predicted octanol–water partition coefficient (Wildman–Crippen LogP) is -0.101. The Kier molecular flexibility index (Phi) is 2.85. The van der Waals surface area contributed by atoms with Crippen LogP contribution in [0.25, 0.3) is 0 Å². The van der Waals surface area contributed by atoms with Gasteiger partial charge in [-0.15, -0.1) is 0 Å². The van der Waals surface area contributed by atoms with Gasteiger partial charge in [0, 0.05) is 12.3 Å². The van der Waals surface area contributed by atoms with E-state index in [0.29, 0.717) is 0 Å². The van der Waals surface area contributed by atoms with Crippen molar-refractivity contribution in [2.75, 3.05) is 7.11 Å². The van der Waals surface area contributed by atoms with Gasteiger partial charge in [-0.25, -0.2) is 9.18 Å². The molecule has 0 bridgehead atoms. The maximum absolute atomic E-state index is 12.8. The normalized spacial score (nSPS) is 9.86. The fraction of sp³-hybridized carbons (Fsp3) is 0.250. The standard InChI is InChI=1S/C8H9FN2O3/c1-14-8(13)6-2-5(9)3-11(6)4-7(10)12/h2-3H,4H2,1H3,(H2,10,12). The van der Waals surface area contributed by atoms with Gasteiger partial charge in [-0.3, -0.25) is 4.79 Å². The van der Waals surface area contributed by atoms with Crippen LogP contribution in [0.2, 0.25) is 0 Å². The first-order valence-electron chi connectivity index (χ1n) is 3.77. The number of amides is 1. The SMILES string of the molecule is COC(=O)c1cc(F)cn1CC(N)=O. The molecule has 0 aliphatic heterocycles. The second-order valence-electron chi connectivity index (χ2n) is 2.63. The zero-order valence-corrected chi connectivity index (χ0v) is 7.49. The van der Waals surface area contributed by atoms with Crippen molar-refractivity contribution in [3.8, 4) is 0 Å². The van der Waals surface area contributed by atoms with Gasteiger partial charge in [-0.05, 0) is 0 Å². The number of hydrogen-bond donors (Lipinski definition) is 1. The lowest BCUT2D eigenvalue weighted by atomic mass is 10.4. The highest BCUT2D eigenvalue weighted by Crippen LogP contribution is 2.08. The third-order valence-corrected chi connectivity index (χ3v) is 1.58. The van der Waals surface area contributed by atoms with E-state index in [1.54, 1.807) is 0 Å². The molecule has 0 atom stereocenters. The Labute approximate surface area is 79.3 Å². The number of carbonyl (C=O) groups excluding carboxylic acids is 2. The number of halogens is 1. The van der Waals surface area contributed by atoms with Crippen molar-refractivity contribution in [3.63, 3.8) is 0 Å². The van der Waals surface area contributed by atoms with Gasteiger partial charge in [-0.1, -0.05) is 0 Å². The van der Waals surface area contributed by atoms with Crippen molar-refractivity contribution in [1.82, 2.24) is 4.57 Å². The molecule has 0 saturated carbocycles. The van der Waals surface area contributed by atoms with Crippen LogP contribution in [-0.2, 0) is 16.1 Å². The number of hydrogen-bond acceptors (Lipinski definition) is 3. The van der Waals surface area contributed by atoms with Crippen LogP contribution in [0, 0.1) is 5.82 Å². The molecule has 0 aliphatic carbocycles. The molecule has 0 saturated heterocycles. The van der Waals surface area contributed by atoms with E-state index < -0.39 is 17.7 Å². The smallest absolute Gasteiger partial charge is 0.354 e. The largest absolute Gasteiger partial charge is 0.464 e. The van der Waals surface area contributed by atoms with Crippen LogP contribution in [0.4, 0.5) is 4.39 Å². The van der Waals surface area contributed by atoms with Crippen LogP contribution in [0.3, 0.4) is 0 Å². The quantitative estimate of drug-likeness (QED) is 0.692. The summed E-state index contributed by atoms with van der Waals surface area (Å²) in [4.78, 5) is 21.6. The molecule has 0 aliphatic rings. The van der Waals surface area contributed by atoms with Crippen molar-refractivity contribution < 1.29 is 18.7 Å². The number of rotatable bonds is 3. The Morgan fingerprint density at radius 3 is 2.79 bits per heavy atom. The molecule has 1 heterocycles. The Hall–Kier alpha value is -1.85. The van der Waals surface area contributed by atoms with Gasteiger partial charge in [-0.2, -0.15) is 0 Å². The lowest BCUT2D eigenvalue weighted by Crippen LogP contribution is -2.21. The summed E-state index contributed by atoms with van der Waals surface area (Å²) in [6.45, 7) is -0.256. The van der Waals surface area contributed by atoms with Crippen molar-refractivity contribution in [3.05, 3.63) is 23.8 Å². The molecule has 1 aromatic rings. The van der Waals surface area contributed by atoms with E-state index in [9.17, 15) is 14.0 Å². The lowest BCUT2D eigenvalue weighted by molar-refractivity contribution is -0.118. The summed E-state index contributed by atoms with van der Waals surface area (Å²) in [6, 6.07) is 0.981. The minimum absolute atomic E-state index is 0.0381. The van der Waals surface area contributed by atoms with Gasteiger partial charge in [0.25, 0.3) is 0 Å². The van der Waals surface area contributed by atoms with Gasteiger partial charge in [0.05, 0.1) is 7.11 Å². The minimum Gasteiger partial charge on any atom is -0.464 e. The highest BCUT2D eigenvalue weighted by molar-refractivity contribution is 5.88. The Morgan fingerprint density at radius 1 is 1.64 bits per heavy atom. The van der Waals surface area contributed by atoms with Crippen LogP contribution in [0.15, 0.2) is 12.3 Å². The van der Waals surface area contributed by atoms with Crippen LogP contribution in [-0.4, -0.2) is 23.6 Å². The molecule has 76 valence electrons. The van der Waals surface area contributed by atoms with Gasteiger partial charge in [0.1, 0.15) is 18.1 Å². The summed E-state index contributed by atoms with van der Waals surface area (Å²) in [5.74, 6) is -1.99. The Balaban J connectivity index is 3.02. The molecule has 0 radical (unpaired) electrons. The summed E-state index contributed by atoms with van der Waals surface area (Å²) in [6.07, 6.45) is 1.01. The summed E-state index contributed by atoms with van der Waals surface area (Å²) in [5.41, 5.74) is 4.87. The third kappa shape index (κ3) is 2.09. The number of primary amides is 1. The molecule has 0 unspecified atom stereocenters. The number of esters is 1. The van der Waals surface area contributed by atoms with E-state index in [2.05, 4.69) is 4.74 Å². The second-order valence-corrected chi connectivity index (χ2v) is 2.63. The first kappa shape index (κ1) is 10.2. The lowest BCUT2D eigenvalue weighted by Gasteiger charge is -2.03. The highest BCUT2D eigenvalue weighted by Gasteiger charge is 2.15. The maximum Gasteiger partial charge on any atom is 0.354 e. The van der Waals surface area contributed by atoms with E-state index in [0.717, 1.165) is 16.8 Å². The van der Waals surface area contributed by atoms with Crippen molar-refractivity contribution in [2.45, 2.75) is 6.54 Å². The molecule has 0 fully saturated rings. The molecule has 1 rings (SSSR count). The number of ether oxygens (including phenoxy) is 1. The van der Waals surface area contributed by atoms with Gasteiger partial charge in [0.15, 0.2) is 0 Å². The molecule has 1 amide bonds. The van der Waals surface area contributed by atoms with Gasteiger partial charge >= 0.3 is 5.97 Å². The molecule has 1 aromatic heterocycles. The average Bonchev–Trinajstić information content (AvgIpc) is 2.44. The van der Waals surface area contributed by atoms with E-state index in [4.69, 9.17) is 5.73 Å². The number of aromatic nitrogens is 1. The molecule has 2 N–H and O–H groups in total. The number of carbonyl (C=O) groups is 2. The maximum atomic E-state index is 12.8. The Morgan fingerprint density at radius 2 is 2.29 bits per heavy atom. The fourth-order valence-electron chi connectivity index (χ4n) is 1.05. The second kappa shape index (κ2) is 3.91. The van der Waals surface area contributed by atoms with E-state index >= 15 is 0 Å². The van der Waals surface area contributed by atoms with Crippen LogP contribution in [0.1, 0.15) is 10.5 Å². The molecule has 14 heavy (non-hydrogen) atoms. The van der Waals surface area contributed by atoms with E-state index in [1.165, 1.54) is 7.11 Å². The van der Waals surface area contributed by atoms with Crippen molar-refractivity contribution in [2.24, 2.45) is 5.73 Å². The molecule has 6 heteroatoms. The monoisotopic (exact) mass is 200 g/mol. The third-order valence-electron chi connectivity index (χ3n) is 1.58. The van der Waals surface area contributed by atoms with Crippen LogP contribution >= 0.6 is 0 Å². The summed E-state index contributed by atoms with van der Waals surface area (Å²) in [5, 5.41) is 0. The van der Waals surface area contributed by atoms with E-state index in [-0.39, 0.29) is 12.2 Å². The summed E-state index contributed by atoms with van der Waals surface area (Å²) in [7, 11) is 1.17. The minimum atomic E-state index is -0.713. The number of nitrogens with two attached hydrogens (primary N) is 1. The molecular weight excluding hydrogens is 191 g/mol. The predicted molar refractivity (Wildman–Crippen MR) is 44.9 cm³/mol. The topological polar surface area (TPSA) is 74.3 Å². The van der Waals surface area contributed by atoms with E-state index in [1.807, 2.05) is 0 Å². The Bertz CT molecular complexity index is 373. The van der Waals surface area contributed by atoms with Crippen LogP contribution < -0.4 is 5.73 Å². The first-order chi connectivity index (χ1) is 6.54. The zero-order chi connectivity index (χ0) is 10.7. The number of methoxy groups -OCH3 is 1. The summed E-state index contributed by atoms with van der Waals surface area (Å²) < 4.78 is 18.2. The molecular formula is C8H9FN2O3. The van der Waals surface area contributed by atoms with Crippen LogP contribution in [0.5, 0.6) is 0 Å². The summed E-state index contributed by atoms with van der Waals surface area (Å²) >= 11 is 0. The highest BCUT2D eigenvalue weighted by atomic mass is 19.1.